The van der Waals surface area contributed by atoms with Crippen LogP contribution >= 0.6 is 0 Å². The third kappa shape index (κ3) is 4.46. The van der Waals surface area contributed by atoms with Crippen molar-refractivity contribution in [1.29, 1.82) is 0 Å². The molecule has 8 nitrogen and oxygen atoms in total. The standard InChI is InChI=1S/C29H28N2O6/c1-17(2)37-22-12-7-19(8-13-22)27(32)25-26(18-5-9-20(10-6-18)30(3)4)31(29(34)28(25)33)21-11-14-23-24(15-21)36-16-35-23/h5-15,17,26,32H,16H2,1-4H3/b27-25+. The Balaban J connectivity index is 1.63. The van der Waals surface area contributed by atoms with Gasteiger partial charge in [0.1, 0.15) is 11.5 Å². The number of ether oxygens (including phenoxy) is 3. The third-order valence-corrected chi connectivity index (χ3v) is 6.30. The second-order valence-corrected chi connectivity index (χ2v) is 9.38. The molecule has 8 heteroatoms. The van der Waals surface area contributed by atoms with Gasteiger partial charge in [-0.1, -0.05) is 12.1 Å². The lowest BCUT2D eigenvalue weighted by atomic mass is 9.95. The largest absolute Gasteiger partial charge is 0.507 e. The van der Waals surface area contributed by atoms with Crippen molar-refractivity contribution in [2.24, 2.45) is 0 Å². The number of rotatable bonds is 6. The van der Waals surface area contributed by atoms with Gasteiger partial charge in [0.15, 0.2) is 11.5 Å². The summed E-state index contributed by atoms with van der Waals surface area (Å²) in [6, 6.07) is 18.6. The number of aliphatic hydroxyl groups is 1. The maximum absolute atomic E-state index is 13.4. The average Bonchev–Trinajstić information content (AvgIpc) is 3.45. The number of amides is 1. The predicted molar refractivity (Wildman–Crippen MR) is 140 cm³/mol. The van der Waals surface area contributed by atoms with Crippen molar-refractivity contribution in [2.45, 2.75) is 26.0 Å². The van der Waals surface area contributed by atoms with Crippen LogP contribution in [0.5, 0.6) is 17.2 Å². The number of hydrogen-bond acceptors (Lipinski definition) is 7. The molecule has 0 spiro atoms. The van der Waals surface area contributed by atoms with Crippen LogP contribution in [0.1, 0.15) is 31.0 Å². The maximum Gasteiger partial charge on any atom is 0.300 e. The van der Waals surface area contributed by atoms with E-state index in [1.165, 1.54) is 4.90 Å². The summed E-state index contributed by atoms with van der Waals surface area (Å²) in [6.45, 7) is 3.93. The minimum atomic E-state index is -0.844. The van der Waals surface area contributed by atoms with Gasteiger partial charge in [-0.2, -0.15) is 0 Å². The molecular weight excluding hydrogens is 472 g/mol. The van der Waals surface area contributed by atoms with Crippen molar-refractivity contribution in [1.82, 2.24) is 0 Å². The number of aliphatic hydroxyl groups excluding tert-OH is 1. The minimum Gasteiger partial charge on any atom is -0.507 e. The molecule has 1 fully saturated rings. The van der Waals surface area contributed by atoms with Crippen molar-refractivity contribution in [3.05, 3.63) is 83.4 Å². The molecule has 37 heavy (non-hydrogen) atoms. The molecule has 3 aromatic rings. The van der Waals surface area contributed by atoms with Crippen LogP contribution in [0.15, 0.2) is 72.3 Å². The Morgan fingerprint density at radius 2 is 1.65 bits per heavy atom. The molecule has 1 atom stereocenters. The first kappa shape index (κ1) is 24.2. The molecule has 2 aliphatic rings. The fourth-order valence-corrected chi connectivity index (χ4v) is 4.52. The number of nitrogens with zero attached hydrogens (tertiary/aromatic N) is 2. The van der Waals surface area contributed by atoms with Gasteiger partial charge in [0.25, 0.3) is 11.7 Å². The predicted octanol–water partition coefficient (Wildman–Crippen LogP) is 4.89. The molecule has 3 aromatic carbocycles. The van der Waals surface area contributed by atoms with Gasteiger partial charge < -0.3 is 24.2 Å². The van der Waals surface area contributed by atoms with E-state index in [4.69, 9.17) is 14.2 Å². The smallest absolute Gasteiger partial charge is 0.300 e. The molecule has 1 N–H and O–H groups in total. The topological polar surface area (TPSA) is 88.5 Å². The quantitative estimate of drug-likeness (QED) is 0.293. The Morgan fingerprint density at radius 1 is 0.973 bits per heavy atom. The molecule has 1 amide bonds. The summed E-state index contributed by atoms with van der Waals surface area (Å²) >= 11 is 0. The normalized spacial score (nSPS) is 18.0. The SMILES string of the molecule is CC(C)Oc1ccc(/C(O)=C2\C(=O)C(=O)N(c3ccc4c(c3)OCO4)C2c2ccc(N(C)C)cc2)cc1. The fraction of sp³-hybridized carbons (Fsp3) is 0.241. The van der Waals surface area contributed by atoms with E-state index in [1.54, 1.807) is 42.5 Å². The van der Waals surface area contributed by atoms with Crippen LogP contribution in [0.3, 0.4) is 0 Å². The van der Waals surface area contributed by atoms with Gasteiger partial charge in [0, 0.05) is 37.1 Å². The first-order valence-electron chi connectivity index (χ1n) is 12.0. The zero-order valence-electron chi connectivity index (χ0n) is 21.1. The van der Waals surface area contributed by atoms with E-state index in [1.807, 2.05) is 57.1 Å². The van der Waals surface area contributed by atoms with Crippen molar-refractivity contribution in [3.8, 4) is 17.2 Å². The fourth-order valence-electron chi connectivity index (χ4n) is 4.52. The van der Waals surface area contributed by atoms with Crippen molar-refractivity contribution in [2.75, 3.05) is 30.7 Å². The number of carbonyl (C=O) groups is 2. The number of ketones is 1. The van der Waals surface area contributed by atoms with Gasteiger partial charge in [-0.05, 0) is 67.9 Å². The molecular formula is C29H28N2O6. The summed E-state index contributed by atoms with van der Waals surface area (Å²) in [7, 11) is 3.86. The van der Waals surface area contributed by atoms with Crippen LogP contribution in [-0.4, -0.2) is 43.8 Å². The number of benzene rings is 3. The van der Waals surface area contributed by atoms with E-state index >= 15 is 0 Å². The van der Waals surface area contributed by atoms with E-state index in [9.17, 15) is 14.7 Å². The van der Waals surface area contributed by atoms with Crippen LogP contribution in [0.2, 0.25) is 0 Å². The summed E-state index contributed by atoms with van der Waals surface area (Å²) in [6.07, 6.45) is -0.00314. The Hall–Kier alpha value is -4.46. The third-order valence-electron chi connectivity index (χ3n) is 6.30. The lowest BCUT2D eigenvalue weighted by Crippen LogP contribution is -2.29. The van der Waals surface area contributed by atoms with Gasteiger partial charge in [-0.15, -0.1) is 0 Å². The highest BCUT2D eigenvalue weighted by Crippen LogP contribution is 2.45. The zero-order valence-corrected chi connectivity index (χ0v) is 21.1. The molecule has 0 bridgehead atoms. The molecule has 190 valence electrons. The Bertz CT molecular complexity index is 1380. The summed E-state index contributed by atoms with van der Waals surface area (Å²) in [5.74, 6) is -0.0541. The highest BCUT2D eigenvalue weighted by atomic mass is 16.7. The van der Waals surface area contributed by atoms with Crippen LogP contribution in [-0.2, 0) is 9.59 Å². The lowest BCUT2D eigenvalue weighted by molar-refractivity contribution is -0.132. The van der Waals surface area contributed by atoms with Crippen molar-refractivity contribution < 1.29 is 28.9 Å². The summed E-state index contributed by atoms with van der Waals surface area (Å²) in [5.41, 5.74) is 2.54. The molecule has 1 unspecified atom stereocenters. The van der Waals surface area contributed by atoms with Gasteiger partial charge >= 0.3 is 0 Å². The monoisotopic (exact) mass is 500 g/mol. The number of anilines is 2. The summed E-state index contributed by atoms with van der Waals surface area (Å²) in [4.78, 5) is 30.2. The number of fused-ring (bicyclic) bond motifs is 1. The highest BCUT2D eigenvalue weighted by Gasteiger charge is 2.47. The van der Waals surface area contributed by atoms with Crippen LogP contribution in [0, 0.1) is 0 Å². The van der Waals surface area contributed by atoms with E-state index < -0.39 is 17.7 Å². The van der Waals surface area contributed by atoms with E-state index in [2.05, 4.69) is 0 Å². The second-order valence-electron chi connectivity index (χ2n) is 9.38. The molecule has 1 saturated heterocycles. The van der Waals surface area contributed by atoms with Crippen LogP contribution in [0.25, 0.3) is 5.76 Å². The molecule has 5 rings (SSSR count). The molecule has 0 aliphatic carbocycles. The zero-order chi connectivity index (χ0) is 26.3. The summed E-state index contributed by atoms with van der Waals surface area (Å²) < 4.78 is 16.6. The van der Waals surface area contributed by atoms with Gasteiger partial charge in [0.05, 0.1) is 17.7 Å². The first-order chi connectivity index (χ1) is 17.7. The molecule has 2 aliphatic heterocycles. The molecule has 0 aromatic heterocycles. The molecule has 2 heterocycles. The minimum absolute atomic E-state index is 0.00314. The Kier molecular flexibility index (Phi) is 6.25. The molecule has 0 radical (unpaired) electrons. The highest BCUT2D eigenvalue weighted by molar-refractivity contribution is 6.51. The maximum atomic E-state index is 13.4. The van der Waals surface area contributed by atoms with E-state index in [0.717, 1.165) is 5.69 Å². The van der Waals surface area contributed by atoms with Gasteiger partial charge in [0.2, 0.25) is 6.79 Å². The second kappa shape index (κ2) is 9.54. The van der Waals surface area contributed by atoms with Crippen molar-refractivity contribution >= 4 is 28.8 Å². The number of Topliss-reactive ketones (excluding diaryl/α,β-unsaturated/α-hetero) is 1. The summed E-state index contributed by atoms with van der Waals surface area (Å²) in [5, 5.41) is 11.4. The Labute approximate surface area is 215 Å². The first-order valence-corrected chi connectivity index (χ1v) is 12.0. The van der Waals surface area contributed by atoms with E-state index in [-0.39, 0.29) is 24.2 Å². The van der Waals surface area contributed by atoms with Crippen LogP contribution < -0.4 is 24.0 Å². The van der Waals surface area contributed by atoms with Gasteiger partial charge in [-0.25, -0.2) is 0 Å². The average molecular weight is 501 g/mol. The molecule has 0 saturated carbocycles. The van der Waals surface area contributed by atoms with Gasteiger partial charge in [-0.3, -0.25) is 14.5 Å². The lowest BCUT2D eigenvalue weighted by Gasteiger charge is -2.26. The van der Waals surface area contributed by atoms with Crippen LogP contribution in [0.4, 0.5) is 11.4 Å². The number of hydrogen-bond donors (Lipinski definition) is 1. The van der Waals surface area contributed by atoms with E-state index in [0.29, 0.717) is 34.1 Å². The number of carbonyl (C=O) groups excluding carboxylic acids is 2. The Morgan fingerprint density at radius 3 is 2.30 bits per heavy atom. The van der Waals surface area contributed by atoms with Crippen molar-refractivity contribution in [3.63, 3.8) is 0 Å².